The van der Waals surface area contributed by atoms with Crippen LogP contribution in [-0.2, 0) is 15.5 Å². The highest BCUT2D eigenvalue weighted by molar-refractivity contribution is 5.86. The number of hydrogen-bond donors (Lipinski definition) is 2. The quantitative estimate of drug-likeness (QED) is 0.842. The zero-order valence-corrected chi connectivity index (χ0v) is 12.7. The summed E-state index contributed by atoms with van der Waals surface area (Å²) in [4.78, 5) is 22.9. The van der Waals surface area contributed by atoms with Crippen molar-refractivity contribution in [1.29, 1.82) is 0 Å². The summed E-state index contributed by atoms with van der Waals surface area (Å²) in [6.07, 6.45) is 0.928. The van der Waals surface area contributed by atoms with E-state index in [1.807, 2.05) is 0 Å². The number of para-hydroxylation sites is 1. The molecule has 0 spiro atoms. The molecule has 0 heterocycles. The first kappa shape index (κ1) is 17.2. The fourth-order valence-corrected chi connectivity index (χ4v) is 2.74. The van der Waals surface area contributed by atoms with Crippen LogP contribution in [0.3, 0.4) is 0 Å². The average Bonchev–Trinajstić information content (AvgIpc) is 2.97. The first-order valence-corrected chi connectivity index (χ1v) is 7.50. The van der Waals surface area contributed by atoms with Crippen LogP contribution in [0.4, 0.5) is 8.78 Å². The molecule has 1 fully saturated rings. The van der Waals surface area contributed by atoms with Gasteiger partial charge in [0.25, 0.3) is 5.91 Å². The maximum Gasteiger partial charge on any atom is 0.353 e. The number of ether oxygens (including phenoxy) is 1. The minimum atomic E-state index is -3.74. The number of aliphatic carboxylic acids is 1. The Kier molecular flexibility index (Phi) is 5.18. The molecule has 0 unspecified atom stereocenters. The zero-order chi connectivity index (χ0) is 17.0. The van der Waals surface area contributed by atoms with E-state index in [0.29, 0.717) is 12.8 Å². The molecule has 2 N–H and O–H groups in total. The van der Waals surface area contributed by atoms with Gasteiger partial charge in [0.2, 0.25) is 0 Å². The number of halogens is 2. The Bertz CT molecular complexity index is 591. The number of carbonyl (C=O) groups is 2. The normalized spacial score (nSPS) is 21.0. The average molecular weight is 327 g/mol. The van der Waals surface area contributed by atoms with Crippen molar-refractivity contribution in [2.75, 3.05) is 6.61 Å². The highest BCUT2D eigenvalue weighted by Crippen LogP contribution is 2.36. The smallest absolute Gasteiger partial charge is 0.353 e. The number of amides is 1. The van der Waals surface area contributed by atoms with Crippen LogP contribution in [0.5, 0.6) is 5.75 Å². The molecule has 2 atom stereocenters. The van der Waals surface area contributed by atoms with E-state index in [9.17, 15) is 18.4 Å². The summed E-state index contributed by atoms with van der Waals surface area (Å²) >= 11 is 0. The van der Waals surface area contributed by atoms with Gasteiger partial charge in [-0.25, -0.2) is 0 Å². The molecule has 126 valence electrons. The van der Waals surface area contributed by atoms with E-state index in [1.165, 1.54) is 12.1 Å². The lowest BCUT2D eigenvalue weighted by Gasteiger charge is -2.21. The number of rotatable bonds is 6. The highest BCUT2D eigenvalue weighted by Gasteiger charge is 2.45. The monoisotopic (exact) mass is 327 g/mol. The predicted octanol–water partition coefficient (Wildman–Crippen LogP) is 2.55. The summed E-state index contributed by atoms with van der Waals surface area (Å²) in [5.74, 6) is -6.77. The molecule has 0 aromatic heterocycles. The van der Waals surface area contributed by atoms with Gasteiger partial charge in [0.1, 0.15) is 5.75 Å². The lowest BCUT2D eigenvalue weighted by Crippen LogP contribution is -2.43. The number of alkyl halides is 2. The molecule has 0 bridgehead atoms. The Labute approximate surface area is 132 Å². The van der Waals surface area contributed by atoms with Crippen LogP contribution in [-0.4, -0.2) is 29.6 Å². The van der Waals surface area contributed by atoms with Crippen molar-refractivity contribution < 1.29 is 28.2 Å². The number of hydrogen-bond acceptors (Lipinski definition) is 3. The Morgan fingerprint density at radius 1 is 1.35 bits per heavy atom. The van der Waals surface area contributed by atoms with Gasteiger partial charge < -0.3 is 15.2 Å². The minimum Gasteiger partial charge on any atom is -0.493 e. The minimum absolute atomic E-state index is 0.0371. The van der Waals surface area contributed by atoms with Gasteiger partial charge in [-0.15, -0.1) is 0 Å². The van der Waals surface area contributed by atoms with Gasteiger partial charge >= 0.3 is 11.9 Å². The number of benzene rings is 1. The molecule has 0 radical (unpaired) electrons. The van der Waals surface area contributed by atoms with Gasteiger partial charge in [0.15, 0.2) is 0 Å². The zero-order valence-electron chi connectivity index (χ0n) is 12.7. The molecule has 1 saturated carbocycles. The lowest BCUT2D eigenvalue weighted by molar-refractivity contribution is -0.148. The fraction of sp³-hybridized carbons (Fsp3) is 0.500. The Morgan fingerprint density at radius 2 is 2.04 bits per heavy atom. The third-order valence-electron chi connectivity index (χ3n) is 3.93. The van der Waals surface area contributed by atoms with Crippen LogP contribution in [0.15, 0.2) is 24.3 Å². The van der Waals surface area contributed by atoms with Crippen molar-refractivity contribution in [2.24, 2.45) is 5.92 Å². The second-order valence-electron chi connectivity index (χ2n) is 5.52. The summed E-state index contributed by atoms with van der Waals surface area (Å²) < 4.78 is 34.0. The molecular weight excluding hydrogens is 308 g/mol. The molecular formula is C16H19F2NO4. The summed E-state index contributed by atoms with van der Waals surface area (Å²) in [5.41, 5.74) is -0.493. The maximum absolute atomic E-state index is 14.4. The van der Waals surface area contributed by atoms with Crippen molar-refractivity contribution in [3.8, 4) is 5.75 Å². The molecule has 5 nitrogen and oxygen atoms in total. The van der Waals surface area contributed by atoms with Gasteiger partial charge in [-0.3, -0.25) is 9.59 Å². The molecule has 7 heteroatoms. The van der Waals surface area contributed by atoms with Crippen LogP contribution >= 0.6 is 0 Å². The molecule has 0 aliphatic heterocycles. The third kappa shape index (κ3) is 3.78. The number of carboxylic acid groups (broad SMARTS) is 1. The molecule has 1 amide bonds. The molecule has 0 saturated heterocycles. The van der Waals surface area contributed by atoms with E-state index >= 15 is 0 Å². The van der Waals surface area contributed by atoms with Gasteiger partial charge in [-0.1, -0.05) is 12.1 Å². The molecule has 1 aliphatic rings. The largest absolute Gasteiger partial charge is 0.493 e. The van der Waals surface area contributed by atoms with E-state index in [4.69, 9.17) is 9.84 Å². The van der Waals surface area contributed by atoms with E-state index < -0.39 is 35.3 Å². The summed E-state index contributed by atoms with van der Waals surface area (Å²) in [5, 5.41) is 11.2. The molecule has 23 heavy (non-hydrogen) atoms. The Balaban J connectivity index is 2.10. The van der Waals surface area contributed by atoms with Crippen molar-refractivity contribution in [2.45, 2.75) is 38.2 Å². The number of nitrogens with one attached hydrogen (secondary N) is 1. The van der Waals surface area contributed by atoms with Crippen LogP contribution < -0.4 is 10.1 Å². The lowest BCUT2D eigenvalue weighted by atomic mass is 10.1. The van der Waals surface area contributed by atoms with Crippen molar-refractivity contribution >= 4 is 11.9 Å². The number of carboxylic acids is 1. The van der Waals surface area contributed by atoms with Gasteiger partial charge in [-0.2, -0.15) is 8.78 Å². The second kappa shape index (κ2) is 6.93. The van der Waals surface area contributed by atoms with Gasteiger partial charge in [0, 0.05) is 6.04 Å². The van der Waals surface area contributed by atoms with Crippen LogP contribution in [0.1, 0.15) is 31.7 Å². The third-order valence-corrected chi connectivity index (χ3v) is 3.93. The number of carbonyl (C=O) groups excluding carboxylic acids is 1. The Hall–Kier alpha value is -2.18. The van der Waals surface area contributed by atoms with E-state index in [0.717, 1.165) is 6.07 Å². The SMILES string of the molecule is CCOc1ccccc1C(F)(F)C(=O)N[C@@H]1CC[C@H](C(=O)O)C1. The maximum atomic E-state index is 14.4. The van der Waals surface area contributed by atoms with E-state index in [-0.39, 0.29) is 18.8 Å². The first-order chi connectivity index (χ1) is 10.9. The summed E-state index contributed by atoms with van der Waals surface area (Å²) in [6, 6.07) is 4.95. The summed E-state index contributed by atoms with van der Waals surface area (Å²) in [7, 11) is 0. The predicted molar refractivity (Wildman–Crippen MR) is 78.4 cm³/mol. The van der Waals surface area contributed by atoms with E-state index in [1.54, 1.807) is 13.0 Å². The van der Waals surface area contributed by atoms with Gasteiger partial charge in [-0.05, 0) is 38.3 Å². The topological polar surface area (TPSA) is 75.6 Å². The highest BCUT2D eigenvalue weighted by atomic mass is 19.3. The van der Waals surface area contributed by atoms with Crippen LogP contribution in [0.2, 0.25) is 0 Å². The van der Waals surface area contributed by atoms with Crippen LogP contribution in [0.25, 0.3) is 0 Å². The molecule has 1 aromatic rings. The molecule has 2 rings (SSSR count). The second-order valence-corrected chi connectivity index (χ2v) is 5.52. The Morgan fingerprint density at radius 3 is 2.65 bits per heavy atom. The van der Waals surface area contributed by atoms with E-state index in [2.05, 4.69) is 5.32 Å². The fourth-order valence-electron chi connectivity index (χ4n) is 2.74. The first-order valence-electron chi connectivity index (χ1n) is 7.50. The van der Waals surface area contributed by atoms with Crippen molar-refractivity contribution in [3.05, 3.63) is 29.8 Å². The van der Waals surface area contributed by atoms with Gasteiger partial charge in [0.05, 0.1) is 18.1 Å². The molecule has 1 aliphatic carbocycles. The summed E-state index contributed by atoms with van der Waals surface area (Å²) in [6.45, 7) is 1.87. The van der Waals surface area contributed by atoms with Crippen LogP contribution in [0, 0.1) is 5.92 Å². The van der Waals surface area contributed by atoms with Crippen molar-refractivity contribution in [1.82, 2.24) is 5.32 Å². The molecule has 1 aromatic carbocycles. The van der Waals surface area contributed by atoms with Crippen molar-refractivity contribution in [3.63, 3.8) is 0 Å². The standard InChI is InChI=1S/C16H19F2NO4/c1-2-23-13-6-4-3-5-12(13)16(17,18)15(22)19-11-8-7-10(9-11)14(20)21/h3-6,10-11H,2,7-9H2,1H3,(H,19,22)(H,20,21)/t10-,11+/m0/s1.